The van der Waals surface area contributed by atoms with E-state index >= 15 is 0 Å². The fourth-order valence-electron chi connectivity index (χ4n) is 1.57. The van der Waals surface area contributed by atoms with E-state index in [1.807, 2.05) is 13.0 Å². The third kappa shape index (κ3) is 6.98. The predicted molar refractivity (Wildman–Crippen MR) is 72.4 cm³/mol. The van der Waals surface area contributed by atoms with Gasteiger partial charge in [-0.3, -0.25) is 14.6 Å². The molecule has 5 heteroatoms. The standard InChI is InChI=1S/C14H18N2O3/c1-11(4-2-6-14(18)19)16-13(17)8-7-12-5-3-9-15-10-12/h3,5,7-11H,2,4,6H2,1H3,(H,16,17)(H,18,19)/b8-7+. The van der Waals surface area contributed by atoms with Gasteiger partial charge in [0.2, 0.25) is 5.91 Å². The molecule has 1 amide bonds. The van der Waals surface area contributed by atoms with Gasteiger partial charge in [0, 0.05) is 30.9 Å². The lowest BCUT2D eigenvalue weighted by Gasteiger charge is -2.11. The maximum atomic E-state index is 11.6. The van der Waals surface area contributed by atoms with Gasteiger partial charge in [0.1, 0.15) is 0 Å². The average molecular weight is 262 g/mol. The lowest BCUT2D eigenvalue weighted by molar-refractivity contribution is -0.137. The number of hydrogen-bond acceptors (Lipinski definition) is 3. The Labute approximate surface area is 112 Å². The molecule has 1 heterocycles. The van der Waals surface area contributed by atoms with Gasteiger partial charge in [0.15, 0.2) is 0 Å². The van der Waals surface area contributed by atoms with Crippen LogP contribution in [-0.4, -0.2) is 28.0 Å². The minimum absolute atomic E-state index is 0.0367. The average Bonchev–Trinajstić information content (AvgIpc) is 2.37. The number of aliphatic carboxylic acids is 1. The molecule has 0 spiro atoms. The number of rotatable bonds is 7. The van der Waals surface area contributed by atoms with Gasteiger partial charge in [-0.1, -0.05) is 6.07 Å². The van der Waals surface area contributed by atoms with Gasteiger partial charge in [-0.2, -0.15) is 0 Å². The smallest absolute Gasteiger partial charge is 0.303 e. The van der Waals surface area contributed by atoms with Crippen molar-refractivity contribution in [3.8, 4) is 0 Å². The molecule has 1 aromatic rings. The number of aromatic nitrogens is 1. The summed E-state index contributed by atoms with van der Waals surface area (Å²) < 4.78 is 0. The van der Waals surface area contributed by atoms with E-state index in [1.54, 1.807) is 24.5 Å². The third-order valence-electron chi connectivity index (χ3n) is 2.53. The molecule has 102 valence electrons. The summed E-state index contributed by atoms with van der Waals surface area (Å²) in [6, 6.07) is 3.62. The Kier molecular flexibility index (Phi) is 6.29. The van der Waals surface area contributed by atoms with Crippen molar-refractivity contribution in [2.45, 2.75) is 32.2 Å². The number of nitrogens with one attached hydrogen (secondary N) is 1. The number of amides is 1. The van der Waals surface area contributed by atoms with Crippen molar-refractivity contribution >= 4 is 18.0 Å². The van der Waals surface area contributed by atoms with Gasteiger partial charge in [0.25, 0.3) is 0 Å². The monoisotopic (exact) mass is 262 g/mol. The van der Waals surface area contributed by atoms with Gasteiger partial charge < -0.3 is 10.4 Å². The molecule has 0 saturated heterocycles. The Balaban J connectivity index is 2.30. The Bertz CT molecular complexity index is 443. The molecular weight excluding hydrogens is 244 g/mol. The van der Waals surface area contributed by atoms with Crippen LogP contribution in [-0.2, 0) is 9.59 Å². The molecule has 19 heavy (non-hydrogen) atoms. The van der Waals surface area contributed by atoms with Crippen molar-refractivity contribution < 1.29 is 14.7 Å². The van der Waals surface area contributed by atoms with Gasteiger partial charge in [-0.05, 0) is 37.5 Å². The molecule has 0 saturated carbocycles. The first kappa shape index (κ1) is 14.9. The number of nitrogens with zero attached hydrogens (tertiary/aromatic N) is 1. The molecule has 1 rings (SSSR count). The highest BCUT2D eigenvalue weighted by molar-refractivity contribution is 5.91. The molecular formula is C14H18N2O3. The molecule has 0 aliphatic rings. The van der Waals surface area contributed by atoms with Gasteiger partial charge in [-0.25, -0.2) is 0 Å². The highest BCUT2D eigenvalue weighted by atomic mass is 16.4. The fraction of sp³-hybridized carbons (Fsp3) is 0.357. The Morgan fingerprint density at radius 3 is 2.95 bits per heavy atom. The van der Waals surface area contributed by atoms with Crippen molar-refractivity contribution in [2.75, 3.05) is 0 Å². The second kappa shape index (κ2) is 8.02. The first-order chi connectivity index (χ1) is 9.08. The zero-order chi connectivity index (χ0) is 14.1. The minimum atomic E-state index is -0.810. The van der Waals surface area contributed by atoms with Crippen LogP contribution in [0.5, 0.6) is 0 Å². The van der Waals surface area contributed by atoms with Crippen LogP contribution < -0.4 is 5.32 Å². The van der Waals surface area contributed by atoms with E-state index in [4.69, 9.17) is 5.11 Å². The first-order valence-electron chi connectivity index (χ1n) is 6.18. The van der Waals surface area contributed by atoms with Crippen molar-refractivity contribution in [1.82, 2.24) is 10.3 Å². The lowest BCUT2D eigenvalue weighted by atomic mass is 10.1. The molecule has 0 bridgehead atoms. The molecule has 0 fully saturated rings. The van der Waals surface area contributed by atoms with Crippen LogP contribution in [0.25, 0.3) is 6.08 Å². The minimum Gasteiger partial charge on any atom is -0.481 e. The van der Waals surface area contributed by atoms with E-state index in [0.717, 1.165) is 5.56 Å². The molecule has 0 aromatic carbocycles. The van der Waals surface area contributed by atoms with Gasteiger partial charge in [-0.15, -0.1) is 0 Å². The van der Waals surface area contributed by atoms with Crippen LogP contribution >= 0.6 is 0 Å². The summed E-state index contributed by atoms with van der Waals surface area (Å²) >= 11 is 0. The van der Waals surface area contributed by atoms with Crippen LogP contribution in [0, 0.1) is 0 Å². The topological polar surface area (TPSA) is 79.3 Å². The van der Waals surface area contributed by atoms with Crippen molar-refractivity contribution in [2.24, 2.45) is 0 Å². The maximum Gasteiger partial charge on any atom is 0.303 e. The Morgan fingerprint density at radius 2 is 2.32 bits per heavy atom. The first-order valence-corrected chi connectivity index (χ1v) is 6.18. The number of carbonyl (C=O) groups excluding carboxylic acids is 1. The summed E-state index contributed by atoms with van der Waals surface area (Å²) in [5, 5.41) is 11.3. The van der Waals surface area contributed by atoms with Crippen LogP contribution in [0.1, 0.15) is 31.7 Å². The van der Waals surface area contributed by atoms with Crippen LogP contribution in [0.2, 0.25) is 0 Å². The number of hydrogen-bond donors (Lipinski definition) is 2. The molecule has 1 unspecified atom stereocenters. The summed E-state index contributed by atoms with van der Waals surface area (Å²) in [7, 11) is 0. The maximum absolute atomic E-state index is 11.6. The largest absolute Gasteiger partial charge is 0.481 e. The van der Waals surface area contributed by atoms with Crippen molar-refractivity contribution in [3.63, 3.8) is 0 Å². The van der Waals surface area contributed by atoms with Gasteiger partial charge in [0.05, 0.1) is 0 Å². The lowest BCUT2D eigenvalue weighted by Crippen LogP contribution is -2.31. The van der Waals surface area contributed by atoms with E-state index < -0.39 is 5.97 Å². The SMILES string of the molecule is CC(CCCC(=O)O)NC(=O)/C=C/c1cccnc1. The molecule has 0 aliphatic carbocycles. The number of carboxylic acids is 1. The van der Waals surface area contributed by atoms with E-state index in [0.29, 0.717) is 12.8 Å². The van der Waals surface area contributed by atoms with Crippen molar-refractivity contribution in [3.05, 3.63) is 36.2 Å². The molecule has 1 atom stereocenters. The molecule has 5 nitrogen and oxygen atoms in total. The van der Waals surface area contributed by atoms with E-state index in [2.05, 4.69) is 10.3 Å². The summed E-state index contributed by atoms with van der Waals surface area (Å²) in [6.07, 6.45) is 7.81. The predicted octanol–water partition coefficient (Wildman–Crippen LogP) is 1.85. The van der Waals surface area contributed by atoms with E-state index in [1.165, 1.54) is 6.08 Å². The molecule has 1 aromatic heterocycles. The molecule has 0 aliphatic heterocycles. The second-order valence-electron chi connectivity index (χ2n) is 4.32. The van der Waals surface area contributed by atoms with Gasteiger partial charge >= 0.3 is 5.97 Å². The third-order valence-corrected chi connectivity index (χ3v) is 2.53. The Hall–Kier alpha value is -2.17. The zero-order valence-corrected chi connectivity index (χ0v) is 10.9. The summed E-state index contributed by atoms with van der Waals surface area (Å²) in [4.78, 5) is 25.9. The summed E-state index contributed by atoms with van der Waals surface area (Å²) in [6.45, 7) is 1.86. The van der Waals surface area contributed by atoms with Crippen LogP contribution in [0.3, 0.4) is 0 Å². The quantitative estimate of drug-likeness (QED) is 0.735. The van der Waals surface area contributed by atoms with E-state index in [-0.39, 0.29) is 18.4 Å². The summed E-state index contributed by atoms with van der Waals surface area (Å²) in [5.74, 6) is -0.998. The number of pyridine rings is 1. The van der Waals surface area contributed by atoms with Crippen LogP contribution in [0.15, 0.2) is 30.6 Å². The normalized spacial score (nSPS) is 12.3. The van der Waals surface area contributed by atoms with Crippen LogP contribution in [0.4, 0.5) is 0 Å². The number of carboxylic acid groups (broad SMARTS) is 1. The van der Waals surface area contributed by atoms with E-state index in [9.17, 15) is 9.59 Å². The second-order valence-corrected chi connectivity index (χ2v) is 4.32. The summed E-state index contributed by atoms with van der Waals surface area (Å²) in [5.41, 5.74) is 0.858. The number of carbonyl (C=O) groups is 2. The highest BCUT2D eigenvalue weighted by Gasteiger charge is 2.05. The highest BCUT2D eigenvalue weighted by Crippen LogP contribution is 2.01. The molecule has 2 N–H and O–H groups in total. The fourth-order valence-corrected chi connectivity index (χ4v) is 1.57. The molecule has 0 radical (unpaired) electrons. The van der Waals surface area contributed by atoms with Crippen molar-refractivity contribution in [1.29, 1.82) is 0 Å². The zero-order valence-electron chi connectivity index (χ0n) is 10.9. The Morgan fingerprint density at radius 1 is 1.53 bits per heavy atom.